The molecule has 0 aliphatic carbocycles. The number of aryl methyl sites for hydroxylation is 1. The zero-order valence-corrected chi connectivity index (χ0v) is 21.5. The second-order valence-electron chi connectivity index (χ2n) is 9.23. The van der Waals surface area contributed by atoms with Crippen LogP contribution in [-0.2, 0) is 11.3 Å². The van der Waals surface area contributed by atoms with Crippen molar-refractivity contribution in [2.24, 2.45) is 0 Å². The number of para-hydroxylation sites is 1. The maximum absolute atomic E-state index is 14.0. The van der Waals surface area contributed by atoms with E-state index >= 15 is 0 Å². The van der Waals surface area contributed by atoms with E-state index < -0.39 is 5.82 Å². The molecule has 1 aliphatic heterocycles. The van der Waals surface area contributed by atoms with Crippen LogP contribution in [0, 0.1) is 12.7 Å². The Balaban J connectivity index is 1.55. The van der Waals surface area contributed by atoms with Gasteiger partial charge in [0.25, 0.3) is 5.91 Å². The highest BCUT2D eigenvalue weighted by molar-refractivity contribution is 5.94. The zero-order valence-electron chi connectivity index (χ0n) is 21.5. The molecule has 1 aromatic heterocycles. The molecular formula is C30H30FN3O4. The van der Waals surface area contributed by atoms with Gasteiger partial charge in [-0.25, -0.2) is 9.07 Å². The third kappa shape index (κ3) is 5.70. The first kappa shape index (κ1) is 25.5. The minimum Gasteiger partial charge on any atom is -0.497 e. The number of aromatic nitrogens is 2. The van der Waals surface area contributed by atoms with Gasteiger partial charge in [-0.1, -0.05) is 30.3 Å². The van der Waals surface area contributed by atoms with E-state index in [1.807, 2.05) is 55.5 Å². The van der Waals surface area contributed by atoms with Crippen molar-refractivity contribution >= 4 is 5.91 Å². The summed E-state index contributed by atoms with van der Waals surface area (Å²) in [6, 6.07) is 22.8. The first-order valence-corrected chi connectivity index (χ1v) is 12.6. The van der Waals surface area contributed by atoms with Crippen LogP contribution >= 0.6 is 0 Å². The van der Waals surface area contributed by atoms with E-state index in [1.165, 1.54) is 12.1 Å². The maximum Gasteiger partial charge on any atom is 0.254 e. The highest BCUT2D eigenvalue weighted by atomic mass is 19.1. The second kappa shape index (κ2) is 11.5. The molecule has 0 saturated carbocycles. The van der Waals surface area contributed by atoms with E-state index in [4.69, 9.17) is 19.3 Å². The van der Waals surface area contributed by atoms with Crippen LogP contribution in [0.25, 0.3) is 5.69 Å². The van der Waals surface area contributed by atoms with Crippen LogP contribution in [-0.4, -0.2) is 47.0 Å². The monoisotopic (exact) mass is 515 g/mol. The molecule has 5 rings (SSSR count). The van der Waals surface area contributed by atoms with Crippen LogP contribution < -0.4 is 9.47 Å². The Labute approximate surface area is 221 Å². The SMILES string of the molecule is COc1cccc(Oc2c(CN(CC3CCCO3)C(=O)c3cccc(F)c3)c(C)nn2-c2ccccc2)c1. The van der Waals surface area contributed by atoms with Crippen LogP contribution in [0.3, 0.4) is 0 Å². The van der Waals surface area contributed by atoms with Gasteiger partial charge in [0.05, 0.1) is 36.7 Å². The summed E-state index contributed by atoms with van der Waals surface area (Å²) < 4.78 is 33.4. The molecule has 3 aromatic carbocycles. The van der Waals surface area contributed by atoms with Crippen molar-refractivity contribution in [3.05, 3.63) is 102 Å². The van der Waals surface area contributed by atoms with E-state index in [9.17, 15) is 9.18 Å². The maximum atomic E-state index is 14.0. The standard InChI is InChI=1S/C30H30FN3O4/c1-21-28(20-33(19-27-15-8-16-37-27)29(35)22-9-6-10-23(31)17-22)30(34(32-21)24-11-4-3-5-12-24)38-26-14-7-13-25(18-26)36-2/h3-7,9-14,17-18,27H,8,15-16,19-20H2,1-2H3. The predicted octanol–water partition coefficient (Wildman–Crippen LogP) is 5.94. The highest BCUT2D eigenvalue weighted by Gasteiger charge is 2.28. The van der Waals surface area contributed by atoms with Gasteiger partial charge in [-0.05, 0) is 62.2 Å². The molecule has 38 heavy (non-hydrogen) atoms. The number of methoxy groups -OCH3 is 1. The molecule has 1 unspecified atom stereocenters. The summed E-state index contributed by atoms with van der Waals surface area (Å²) >= 11 is 0. The quantitative estimate of drug-likeness (QED) is 0.276. The van der Waals surface area contributed by atoms with E-state index in [0.29, 0.717) is 30.5 Å². The number of carbonyl (C=O) groups excluding carboxylic acids is 1. The van der Waals surface area contributed by atoms with E-state index in [-0.39, 0.29) is 24.1 Å². The van der Waals surface area contributed by atoms with Gasteiger partial charge in [-0.15, -0.1) is 0 Å². The fraction of sp³-hybridized carbons (Fsp3) is 0.267. The van der Waals surface area contributed by atoms with E-state index in [1.54, 1.807) is 34.9 Å². The van der Waals surface area contributed by atoms with Crippen molar-refractivity contribution in [2.45, 2.75) is 32.4 Å². The van der Waals surface area contributed by atoms with Gasteiger partial charge < -0.3 is 19.1 Å². The average Bonchev–Trinajstić information content (AvgIpc) is 3.56. The molecule has 1 atom stereocenters. The molecule has 0 N–H and O–H groups in total. The Morgan fingerprint density at radius 1 is 1.08 bits per heavy atom. The molecule has 1 fully saturated rings. The van der Waals surface area contributed by atoms with Crippen LogP contribution in [0.5, 0.6) is 17.4 Å². The third-order valence-corrected chi connectivity index (χ3v) is 6.55. The van der Waals surface area contributed by atoms with Crippen LogP contribution in [0.15, 0.2) is 78.9 Å². The lowest BCUT2D eigenvalue weighted by Crippen LogP contribution is -2.37. The van der Waals surface area contributed by atoms with Crippen molar-refractivity contribution in [1.29, 1.82) is 0 Å². The molecule has 2 heterocycles. The Hall–Kier alpha value is -4.17. The lowest BCUT2D eigenvalue weighted by Gasteiger charge is -2.26. The summed E-state index contributed by atoms with van der Waals surface area (Å²) in [6.07, 6.45) is 1.73. The molecule has 0 spiro atoms. The molecule has 196 valence electrons. The van der Waals surface area contributed by atoms with E-state index in [2.05, 4.69) is 0 Å². The number of hydrogen-bond donors (Lipinski definition) is 0. The van der Waals surface area contributed by atoms with Crippen molar-refractivity contribution in [1.82, 2.24) is 14.7 Å². The number of halogens is 1. The van der Waals surface area contributed by atoms with E-state index in [0.717, 1.165) is 29.8 Å². The number of benzene rings is 3. The first-order valence-electron chi connectivity index (χ1n) is 12.6. The van der Waals surface area contributed by atoms with Gasteiger partial charge in [0.15, 0.2) is 0 Å². The number of rotatable bonds is 9. The normalized spacial score (nSPS) is 14.9. The molecule has 0 bridgehead atoms. The van der Waals surface area contributed by atoms with Gasteiger partial charge in [0, 0.05) is 24.8 Å². The molecule has 4 aromatic rings. The lowest BCUT2D eigenvalue weighted by atomic mass is 10.1. The van der Waals surface area contributed by atoms with Crippen LogP contribution in [0.2, 0.25) is 0 Å². The Kier molecular flexibility index (Phi) is 7.70. The van der Waals surface area contributed by atoms with Gasteiger partial charge in [-0.2, -0.15) is 5.10 Å². The summed E-state index contributed by atoms with van der Waals surface area (Å²) in [5.74, 6) is 0.992. The molecule has 7 nitrogen and oxygen atoms in total. The fourth-order valence-electron chi connectivity index (χ4n) is 4.59. The van der Waals surface area contributed by atoms with Crippen LogP contribution in [0.4, 0.5) is 4.39 Å². The number of ether oxygens (including phenoxy) is 3. The lowest BCUT2D eigenvalue weighted by molar-refractivity contribution is 0.0505. The minimum absolute atomic E-state index is 0.0836. The number of amides is 1. The average molecular weight is 516 g/mol. The number of nitrogens with zero attached hydrogens (tertiary/aromatic N) is 3. The van der Waals surface area contributed by atoms with Crippen molar-refractivity contribution in [3.63, 3.8) is 0 Å². The summed E-state index contributed by atoms with van der Waals surface area (Å²) in [7, 11) is 1.60. The predicted molar refractivity (Wildman–Crippen MR) is 141 cm³/mol. The summed E-state index contributed by atoms with van der Waals surface area (Å²) in [6.45, 7) is 3.16. The molecule has 0 radical (unpaired) electrons. The smallest absolute Gasteiger partial charge is 0.254 e. The summed E-state index contributed by atoms with van der Waals surface area (Å²) in [4.78, 5) is 15.3. The minimum atomic E-state index is -0.456. The summed E-state index contributed by atoms with van der Waals surface area (Å²) in [5.41, 5.74) is 2.57. The molecule has 1 amide bonds. The van der Waals surface area contributed by atoms with Crippen LogP contribution in [0.1, 0.15) is 34.5 Å². The zero-order chi connectivity index (χ0) is 26.5. The number of hydrogen-bond acceptors (Lipinski definition) is 5. The first-order chi connectivity index (χ1) is 18.5. The number of carbonyl (C=O) groups is 1. The van der Waals surface area contributed by atoms with Gasteiger partial charge in [0.1, 0.15) is 17.3 Å². The second-order valence-corrected chi connectivity index (χ2v) is 9.23. The largest absolute Gasteiger partial charge is 0.497 e. The Morgan fingerprint density at radius 2 is 1.87 bits per heavy atom. The van der Waals surface area contributed by atoms with Gasteiger partial charge in [0.2, 0.25) is 5.88 Å². The van der Waals surface area contributed by atoms with Crippen molar-refractivity contribution < 1.29 is 23.4 Å². The van der Waals surface area contributed by atoms with Gasteiger partial charge in [-0.3, -0.25) is 4.79 Å². The molecular weight excluding hydrogens is 485 g/mol. The molecule has 1 aliphatic rings. The molecule has 8 heteroatoms. The third-order valence-electron chi connectivity index (χ3n) is 6.55. The Bertz CT molecular complexity index is 1400. The summed E-state index contributed by atoms with van der Waals surface area (Å²) in [5, 5.41) is 4.78. The highest BCUT2D eigenvalue weighted by Crippen LogP contribution is 2.33. The van der Waals surface area contributed by atoms with Crippen molar-refractivity contribution in [2.75, 3.05) is 20.3 Å². The molecule has 1 saturated heterocycles. The van der Waals surface area contributed by atoms with Gasteiger partial charge >= 0.3 is 0 Å². The topological polar surface area (TPSA) is 65.8 Å². The van der Waals surface area contributed by atoms with Crippen molar-refractivity contribution in [3.8, 4) is 23.1 Å². The fourth-order valence-corrected chi connectivity index (χ4v) is 4.59. The Morgan fingerprint density at radius 3 is 2.61 bits per heavy atom.